The molecule has 0 rings (SSSR count). The van der Waals surface area contributed by atoms with Gasteiger partial charge in [0.2, 0.25) is 0 Å². The molecule has 46 heavy (non-hydrogen) atoms. The molecule has 0 fully saturated rings. The summed E-state index contributed by atoms with van der Waals surface area (Å²) in [6.45, 7) is 7.61. The van der Waals surface area contributed by atoms with E-state index in [0.29, 0.717) is 19.4 Å². The fraction of sp³-hybridized carbons (Fsp3) is 0.805. The van der Waals surface area contributed by atoms with Crippen LogP contribution in [-0.4, -0.2) is 37.9 Å². The summed E-state index contributed by atoms with van der Waals surface area (Å²) in [5.41, 5.74) is 0. The van der Waals surface area contributed by atoms with Gasteiger partial charge < -0.3 is 14.2 Å². The van der Waals surface area contributed by atoms with Crippen LogP contribution in [-0.2, 0) is 23.8 Å². The smallest absolute Gasteiger partial charge is 0.306 e. The number of ether oxygens (including phenoxy) is 3. The monoisotopic (exact) mass is 647 g/mol. The molecule has 0 radical (unpaired) electrons. The molecule has 0 aliphatic rings. The highest BCUT2D eigenvalue weighted by Gasteiger charge is 2.17. The van der Waals surface area contributed by atoms with Gasteiger partial charge in [-0.05, 0) is 51.4 Å². The van der Waals surface area contributed by atoms with E-state index in [1.54, 1.807) is 0 Å². The Hall–Kier alpha value is -1.88. The molecule has 0 aromatic rings. The zero-order valence-corrected chi connectivity index (χ0v) is 30.6. The summed E-state index contributed by atoms with van der Waals surface area (Å²) in [6, 6.07) is 0. The van der Waals surface area contributed by atoms with Gasteiger partial charge >= 0.3 is 11.9 Å². The van der Waals surface area contributed by atoms with Crippen LogP contribution in [0.25, 0.3) is 0 Å². The van der Waals surface area contributed by atoms with Gasteiger partial charge in [0, 0.05) is 19.4 Å². The maximum absolute atomic E-state index is 12.4. The van der Waals surface area contributed by atoms with Crippen LogP contribution in [0.1, 0.15) is 188 Å². The number of carbonyl (C=O) groups is 2. The van der Waals surface area contributed by atoms with Gasteiger partial charge in [0.15, 0.2) is 6.10 Å². The van der Waals surface area contributed by atoms with Crippen LogP contribution in [0.15, 0.2) is 36.5 Å². The molecule has 0 amide bonds. The lowest BCUT2D eigenvalue weighted by molar-refractivity contribution is -0.163. The Bertz CT molecular complexity index is 741. The van der Waals surface area contributed by atoms with Gasteiger partial charge in [0.05, 0.1) is 6.61 Å². The Morgan fingerprint density at radius 2 is 0.978 bits per heavy atom. The molecule has 0 N–H and O–H groups in total. The van der Waals surface area contributed by atoms with Crippen molar-refractivity contribution in [2.75, 3.05) is 19.8 Å². The Kier molecular flexibility index (Phi) is 36.0. The minimum Gasteiger partial charge on any atom is -0.462 e. The summed E-state index contributed by atoms with van der Waals surface area (Å²) in [6.07, 6.45) is 41.6. The Morgan fingerprint density at radius 1 is 0.500 bits per heavy atom. The molecule has 0 aromatic carbocycles. The third-order valence-corrected chi connectivity index (χ3v) is 8.19. The SMILES string of the molecule is CC/C=C\C/C=C\C/C=C\CCCCCCCCCC(=O)OCC(COCCCCCCCCCC)OC(=O)CCCCCCC. The van der Waals surface area contributed by atoms with Crippen molar-refractivity contribution >= 4 is 11.9 Å². The van der Waals surface area contributed by atoms with Crippen molar-refractivity contribution in [3.63, 3.8) is 0 Å². The van der Waals surface area contributed by atoms with Crippen LogP contribution in [0, 0.1) is 0 Å². The fourth-order valence-electron chi connectivity index (χ4n) is 5.29. The number of esters is 2. The molecule has 1 unspecified atom stereocenters. The van der Waals surface area contributed by atoms with Crippen molar-refractivity contribution in [1.82, 2.24) is 0 Å². The van der Waals surface area contributed by atoms with E-state index in [0.717, 1.165) is 77.0 Å². The van der Waals surface area contributed by atoms with E-state index in [2.05, 4.69) is 57.2 Å². The van der Waals surface area contributed by atoms with Gasteiger partial charge in [-0.2, -0.15) is 0 Å². The Morgan fingerprint density at radius 3 is 1.57 bits per heavy atom. The van der Waals surface area contributed by atoms with Crippen molar-refractivity contribution in [2.45, 2.75) is 194 Å². The maximum atomic E-state index is 12.4. The second-order valence-electron chi connectivity index (χ2n) is 12.8. The molecule has 0 aliphatic carbocycles. The molecule has 5 nitrogen and oxygen atoms in total. The molecule has 0 bridgehead atoms. The predicted octanol–water partition coefficient (Wildman–Crippen LogP) is 12.3. The minimum absolute atomic E-state index is 0.0822. The number of hydrogen-bond acceptors (Lipinski definition) is 5. The first-order chi connectivity index (χ1) is 22.6. The first-order valence-electron chi connectivity index (χ1n) is 19.5. The highest BCUT2D eigenvalue weighted by Crippen LogP contribution is 2.12. The molecule has 0 aromatic heterocycles. The molecule has 5 heteroatoms. The largest absolute Gasteiger partial charge is 0.462 e. The molecule has 1 atom stereocenters. The summed E-state index contributed by atoms with van der Waals surface area (Å²) >= 11 is 0. The van der Waals surface area contributed by atoms with Crippen molar-refractivity contribution < 1.29 is 23.8 Å². The number of rotatable bonds is 35. The number of unbranched alkanes of at least 4 members (excludes halogenated alkanes) is 18. The quantitative estimate of drug-likeness (QED) is 0.0389. The molecule has 0 spiro atoms. The molecule has 0 heterocycles. The van der Waals surface area contributed by atoms with E-state index in [9.17, 15) is 9.59 Å². The van der Waals surface area contributed by atoms with Crippen LogP contribution in [0.3, 0.4) is 0 Å². The normalized spacial score (nSPS) is 12.5. The summed E-state index contributed by atoms with van der Waals surface area (Å²) in [5, 5.41) is 0. The van der Waals surface area contributed by atoms with Gasteiger partial charge in [-0.3, -0.25) is 9.59 Å². The highest BCUT2D eigenvalue weighted by atomic mass is 16.6. The standard InChI is InChI=1S/C41H74O5/c1-4-7-10-13-15-17-18-19-20-21-22-23-24-25-26-29-31-34-40(42)45-38-39(46-41(43)35-32-28-12-9-6-3)37-44-36-33-30-27-16-14-11-8-5-2/h7,10,15,17,19-20,39H,4-6,8-9,11-14,16,18,21-38H2,1-3H3/b10-7-,17-15-,20-19-. The van der Waals surface area contributed by atoms with Crippen LogP contribution in [0.5, 0.6) is 0 Å². The zero-order chi connectivity index (χ0) is 33.6. The van der Waals surface area contributed by atoms with Crippen LogP contribution >= 0.6 is 0 Å². The average molecular weight is 647 g/mol. The molecular formula is C41H74O5. The van der Waals surface area contributed by atoms with Gasteiger partial charge in [0.1, 0.15) is 6.61 Å². The number of carbonyl (C=O) groups excluding carboxylic acids is 2. The lowest BCUT2D eigenvalue weighted by atomic mass is 10.1. The lowest BCUT2D eigenvalue weighted by Crippen LogP contribution is -2.30. The molecule has 0 saturated carbocycles. The van der Waals surface area contributed by atoms with Crippen molar-refractivity contribution in [1.29, 1.82) is 0 Å². The first-order valence-corrected chi connectivity index (χ1v) is 19.5. The predicted molar refractivity (Wildman–Crippen MR) is 196 cm³/mol. The summed E-state index contributed by atoms with van der Waals surface area (Å²) in [7, 11) is 0. The molecule has 0 saturated heterocycles. The lowest BCUT2D eigenvalue weighted by Gasteiger charge is -2.18. The van der Waals surface area contributed by atoms with E-state index in [-0.39, 0.29) is 25.2 Å². The number of allylic oxidation sites excluding steroid dienone is 6. The van der Waals surface area contributed by atoms with Crippen molar-refractivity contribution in [3.8, 4) is 0 Å². The third kappa shape index (κ3) is 35.0. The van der Waals surface area contributed by atoms with E-state index in [1.807, 2.05) is 0 Å². The summed E-state index contributed by atoms with van der Waals surface area (Å²) in [5.74, 6) is -0.421. The van der Waals surface area contributed by atoms with Gasteiger partial charge in [-0.25, -0.2) is 0 Å². The molecule has 268 valence electrons. The zero-order valence-electron chi connectivity index (χ0n) is 30.6. The van der Waals surface area contributed by atoms with E-state index in [4.69, 9.17) is 14.2 Å². The van der Waals surface area contributed by atoms with E-state index < -0.39 is 6.10 Å². The Balaban J connectivity index is 4.05. The fourth-order valence-corrected chi connectivity index (χ4v) is 5.29. The van der Waals surface area contributed by atoms with Gasteiger partial charge in [-0.15, -0.1) is 0 Å². The van der Waals surface area contributed by atoms with Crippen LogP contribution in [0.2, 0.25) is 0 Å². The van der Waals surface area contributed by atoms with Crippen molar-refractivity contribution in [3.05, 3.63) is 36.5 Å². The van der Waals surface area contributed by atoms with Crippen LogP contribution in [0.4, 0.5) is 0 Å². The average Bonchev–Trinajstić information content (AvgIpc) is 3.05. The number of hydrogen-bond donors (Lipinski definition) is 0. The topological polar surface area (TPSA) is 61.8 Å². The minimum atomic E-state index is -0.527. The highest BCUT2D eigenvalue weighted by molar-refractivity contribution is 5.70. The van der Waals surface area contributed by atoms with Gasteiger partial charge in [-0.1, -0.05) is 160 Å². The summed E-state index contributed by atoms with van der Waals surface area (Å²) in [4.78, 5) is 24.8. The maximum Gasteiger partial charge on any atom is 0.306 e. The molecular weight excluding hydrogens is 572 g/mol. The third-order valence-electron chi connectivity index (χ3n) is 8.19. The van der Waals surface area contributed by atoms with Gasteiger partial charge in [0.25, 0.3) is 0 Å². The van der Waals surface area contributed by atoms with Crippen molar-refractivity contribution in [2.24, 2.45) is 0 Å². The second kappa shape index (κ2) is 37.6. The first kappa shape index (κ1) is 44.1. The Labute approximate surface area is 285 Å². The van der Waals surface area contributed by atoms with Crippen LogP contribution < -0.4 is 0 Å². The summed E-state index contributed by atoms with van der Waals surface area (Å²) < 4.78 is 17.1. The molecule has 0 aliphatic heterocycles. The second-order valence-corrected chi connectivity index (χ2v) is 12.8. The van der Waals surface area contributed by atoms with E-state index in [1.165, 1.54) is 77.0 Å². The van der Waals surface area contributed by atoms with E-state index >= 15 is 0 Å².